The number of carbonyl (C=O) groups is 1. The van der Waals surface area contributed by atoms with Crippen LogP contribution < -0.4 is 5.32 Å². The first-order chi connectivity index (χ1) is 8.16. The Morgan fingerprint density at radius 2 is 1.59 bits per heavy atom. The SMILES string of the molecule is O=C(Nc1ccccc1F)c1ccc(F)cc1. The van der Waals surface area contributed by atoms with Crippen molar-refractivity contribution < 1.29 is 13.6 Å². The monoisotopic (exact) mass is 233 g/mol. The van der Waals surface area contributed by atoms with Gasteiger partial charge in [-0.1, -0.05) is 12.1 Å². The van der Waals surface area contributed by atoms with Crippen LogP contribution in [0.1, 0.15) is 10.4 Å². The molecule has 1 N–H and O–H groups in total. The molecule has 86 valence electrons. The van der Waals surface area contributed by atoms with E-state index >= 15 is 0 Å². The maximum Gasteiger partial charge on any atom is 0.255 e. The molecule has 17 heavy (non-hydrogen) atoms. The van der Waals surface area contributed by atoms with E-state index in [1.165, 1.54) is 42.5 Å². The third-order valence-electron chi connectivity index (χ3n) is 2.23. The van der Waals surface area contributed by atoms with Crippen LogP contribution in [0.15, 0.2) is 48.5 Å². The molecule has 1 amide bonds. The minimum Gasteiger partial charge on any atom is -0.319 e. The summed E-state index contributed by atoms with van der Waals surface area (Å²) in [4.78, 5) is 11.7. The summed E-state index contributed by atoms with van der Waals surface area (Å²) < 4.78 is 25.9. The average Bonchev–Trinajstić information content (AvgIpc) is 2.33. The Morgan fingerprint density at radius 1 is 0.941 bits per heavy atom. The standard InChI is InChI=1S/C13H9F2NO/c14-10-7-5-9(6-8-10)13(17)16-12-4-2-1-3-11(12)15/h1-8H,(H,16,17). The number of halogens is 2. The highest BCUT2D eigenvalue weighted by Gasteiger charge is 2.08. The van der Waals surface area contributed by atoms with Crippen molar-refractivity contribution in [2.75, 3.05) is 5.32 Å². The summed E-state index contributed by atoms with van der Waals surface area (Å²) in [5, 5.41) is 2.41. The zero-order valence-corrected chi connectivity index (χ0v) is 8.78. The van der Waals surface area contributed by atoms with Gasteiger partial charge < -0.3 is 5.32 Å². The van der Waals surface area contributed by atoms with Gasteiger partial charge in [-0.2, -0.15) is 0 Å². The summed E-state index contributed by atoms with van der Waals surface area (Å²) in [5.74, 6) is -1.41. The summed E-state index contributed by atoms with van der Waals surface area (Å²) >= 11 is 0. The largest absolute Gasteiger partial charge is 0.319 e. The Kier molecular flexibility index (Phi) is 3.14. The number of hydrogen-bond donors (Lipinski definition) is 1. The topological polar surface area (TPSA) is 29.1 Å². The third-order valence-corrected chi connectivity index (χ3v) is 2.23. The van der Waals surface area contributed by atoms with Crippen molar-refractivity contribution in [2.45, 2.75) is 0 Å². The second-order valence-corrected chi connectivity index (χ2v) is 3.44. The highest BCUT2D eigenvalue weighted by atomic mass is 19.1. The van der Waals surface area contributed by atoms with Crippen LogP contribution in [0.25, 0.3) is 0 Å². The van der Waals surface area contributed by atoms with Crippen molar-refractivity contribution in [3.05, 3.63) is 65.7 Å². The molecule has 0 aliphatic carbocycles. The smallest absolute Gasteiger partial charge is 0.255 e. The summed E-state index contributed by atoms with van der Waals surface area (Å²) in [7, 11) is 0. The van der Waals surface area contributed by atoms with Crippen LogP contribution in [0, 0.1) is 11.6 Å². The van der Waals surface area contributed by atoms with Crippen LogP contribution in [0.4, 0.5) is 14.5 Å². The highest BCUT2D eigenvalue weighted by Crippen LogP contribution is 2.14. The molecule has 0 saturated carbocycles. The van der Waals surface area contributed by atoms with Crippen molar-refractivity contribution >= 4 is 11.6 Å². The second-order valence-electron chi connectivity index (χ2n) is 3.44. The van der Waals surface area contributed by atoms with Crippen molar-refractivity contribution in [3.8, 4) is 0 Å². The van der Waals surface area contributed by atoms with Crippen molar-refractivity contribution in [1.29, 1.82) is 0 Å². The third kappa shape index (κ3) is 2.66. The van der Waals surface area contributed by atoms with Gasteiger partial charge in [0.1, 0.15) is 11.6 Å². The average molecular weight is 233 g/mol. The van der Waals surface area contributed by atoms with Gasteiger partial charge in [-0.05, 0) is 36.4 Å². The lowest BCUT2D eigenvalue weighted by molar-refractivity contribution is 0.102. The number of hydrogen-bond acceptors (Lipinski definition) is 1. The summed E-state index contributed by atoms with van der Waals surface area (Å²) in [6.45, 7) is 0. The Balaban J connectivity index is 2.17. The molecule has 0 atom stereocenters. The van der Waals surface area contributed by atoms with Crippen molar-refractivity contribution in [1.82, 2.24) is 0 Å². The fourth-order valence-electron chi connectivity index (χ4n) is 1.36. The predicted octanol–water partition coefficient (Wildman–Crippen LogP) is 3.22. The van der Waals surface area contributed by atoms with Gasteiger partial charge in [0.05, 0.1) is 5.69 Å². The minimum absolute atomic E-state index is 0.0989. The molecule has 0 radical (unpaired) electrons. The lowest BCUT2D eigenvalue weighted by atomic mass is 10.2. The molecule has 2 nitrogen and oxygen atoms in total. The molecule has 0 unspecified atom stereocenters. The van der Waals surface area contributed by atoms with Crippen LogP contribution in [0.2, 0.25) is 0 Å². The van der Waals surface area contributed by atoms with E-state index in [-0.39, 0.29) is 11.3 Å². The van der Waals surface area contributed by atoms with Crippen LogP contribution in [-0.2, 0) is 0 Å². The lowest BCUT2D eigenvalue weighted by Crippen LogP contribution is -2.12. The Hall–Kier alpha value is -2.23. The van der Waals surface area contributed by atoms with Crippen LogP contribution >= 0.6 is 0 Å². The van der Waals surface area contributed by atoms with E-state index < -0.39 is 17.5 Å². The first kappa shape index (κ1) is 11.3. The lowest BCUT2D eigenvalue weighted by Gasteiger charge is -2.05. The molecule has 2 aromatic rings. The molecule has 2 rings (SSSR count). The summed E-state index contributed by atoms with van der Waals surface area (Å²) in [6.07, 6.45) is 0. The predicted molar refractivity (Wildman–Crippen MR) is 60.8 cm³/mol. The molecular weight excluding hydrogens is 224 g/mol. The molecule has 0 saturated heterocycles. The molecule has 0 spiro atoms. The quantitative estimate of drug-likeness (QED) is 0.847. The van der Waals surface area contributed by atoms with Crippen molar-refractivity contribution in [3.63, 3.8) is 0 Å². The Labute approximate surface area is 96.9 Å². The minimum atomic E-state index is -0.511. The van der Waals surface area contributed by atoms with Gasteiger partial charge in [-0.15, -0.1) is 0 Å². The fraction of sp³-hybridized carbons (Fsp3) is 0. The number of amides is 1. The highest BCUT2D eigenvalue weighted by molar-refractivity contribution is 6.04. The molecule has 0 aromatic heterocycles. The molecule has 0 heterocycles. The van der Waals surface area contributed by atoms with Gasteiger partial charge in [-0.25, -0.2) is 8.78 Å². The zero-order valence-electron chi connectivity index (χ0n) is 8.78. The van der Waals surface area contributed by atoms with E-state index in [1.54, 1.807) is 6.07 Å². The molecule has 4 heteroatoms. The molecule has 2 aromatic carbocycles. The fourth-order valence-corrected chi connectivity index (χ4v) is 1.36. The molecule has 0 bridgehead atoms. The van der Waals surface area contributed by atoms with Gasteiger partial charge >= 0.3 is 0 Å². The van der Waals surface area contributed by atoms with Crippen LogP contribution in [0.3, 0.4) is 0 Å². The Bertz CT molecular complexity index is 537. The maximum atomic E-state index is 13.3. The molecule has 0 aliphatic rings. The molecule has 0 aliphatic heterocycles. The number of carbonyl (C=O) groups excluding carboxylic acids is 1. The van der Waals surface area contributed by atoms with Crippen molar-refractivity contribution in [2.24, 2.45) is 0 Å². The van der Waals surface area contributed by atoms with E-state index in [9.17, 15) is 13.6 Å². The van der Waals surface area contributed by atoms with Crippen LogP contribution in [-0.4, -0.2) is 5.91 Å². The van der Waals surface area contributed by atoms with E-state index in [4.69, 9.17) is 0 Å². The van der Waals surface area contributed by atoms with Gasteiger partial charge in [0, 0.05) is 5.56 Å². The van der Waals surface area contributed by atoms with E-state index in [0.29, 0.717) is 0 Å². The number of rotatable bonds is 2. The normalized spacial score (nSPS) is 10.0. The van der Waals surface area contributed by atoms with E-state index in [0.717, 1.165) is 0 Å². The van der Waals surface area contributed by atoms with Gasteiger partial charge in [0.2, 0.25) is 0 Å². The van der Waals surface area contributed by atoms with E-state index in [2.05, 4.69) is 5.32 Å². The maximum absolute atomic E-state index is 13.3. The second kappa shape index (κ2) is 4.74. The van der Waals surface area contributed by atoms with Gasteiger partial charge in [0.25, 0.3) is 5.91 Å². The molecule has 0 fully saturated rings. The van der Waals surface area contributed by atoms with Gasteiger partial charge in [0.15, 0.2) is 0 Å². The first-order valence-corrected chi connectivity index (χ1v) is 4.98. The summed E-state index contributed by atoms with van der Waals surface area (Å²) in [5.41, 5.74) is 0.372. The molecular formula is C13H9F2NO. The Morgan fingerprint density at radius 3 is 2.24 bits per heavy atom. The van der Waals surface area contributed by atoms with Gasteiger partial charge in [-0.3, -0.25) is 4.79 Å². The number of para-hydroxylation sites is 1. The number of anilines is 1. The number of nitrogens with one attached hydrogen (secondary N) is 1. The van der Waals surface area contributed by atoms with E-state index in [1.807, 2.05) is 0 Å². The van der Waals surface area contributed by atoms with Crippen LogP contribution in [0.5, 0.6) is 0 Å². The zero-order chi connectivity index (χ0) is 12.3. The number of benzene rings is 2. The summed E-state index contributed by atoms with van der Waals surface area (Å²) in [6, 6.07) is 10.9. The first-order valence-electron chi connectivity index (χ1n) is 4.98.